The van der Waals surface area contributed by atoms with Crippen LogP contribution in [-0.4, -0.2) is 24.0 Å². The van der Waals surface area contributed by atoms with E-state index in [9.17, 15) is 9.59 Å². The highest BCUT2D eigenvalue weighted by Crippen LogP contribution is 2.42. The molecular weight excluding hydrogens is 288 g/mol. The summed E-state index contributed by atoms with van der Waals surface area (Å²) in [7, 11) is 0. The van der Waals surface area contributed by atoms with Crippen molar-refractivity contribution in [2.45, 2.75) is 52.1 Å². The van der Waals surface area contributed by atoms with E-state index in [1.807, 2.05) is 6.92 Å². The standard InChI is InChI=1S/C16H20O6/c1-4-5-10-15(19-11(2)17)16(20-12(3)18)21-13-8-6-7-9-14(13)22-16/h6-9,15H,4-5,10H2,1-3H3. The van der Waals surface area contributed by atoms with Gasteiger partial charge in [-0.15, -0.1) is 0 Å². The molecule has 1 unspecified atom stereocenters. The van der Waals surface area contributed by atoms with Gasteiger partial charge < -0.3 is 18.9 Å². The van der Waals surface area contributed by atoms with Crippen molar-refractivity contribution in [2.75, 3.05) is 0 Å². The van der Waals surface area contributed by atoms with Crippen LogP contribution in [0.3, 0.4) is 0 Å². The molecule has 1 aliphatic heterocycles. The van der Waals surface area contributed by atoms with Gasteiger partial charge in [0.25, 0.3) is 0 Å². The SMILES string of the molecule is CCCCC(OC(C)=O)C1(OC(C)=O)Oc2ccccc2O1. The van der Waals surface area contributed by atoms with Gasteiger partial charge in [0.1, 0.15) is 0 Å². The molecule has 1 heterocycles. The minimum atomic E-state index is -1.77. The Morgan fingerprint density at radius 2 is 1.73 bits per heavy atom. The highest BCUT2D eigenvalue weighted by atomic mass is 16.9. The molecule has 0 fully saturated rings. The molecule has 1 aliphatic rings. The van der Waals surface area contributed by atoms with Crippen LogP contribution in [0.4, 0.5) is 0 Å². The second kappa shape index (κ2) is 6.68. The fourth-order valence-corrected chi connectivity index (χ4v) is 2.28. The van der Waals surface area contributed by atoms with Gasteiger partial charge in [0.2, 0.25) is 6.10 Å². The van der Waals surface area contributed by atoms with Gasteiger partial charge in [-0.05, 0) is 25.0 Å². The lowest BCUT2D eigenvalue weighted by Crippen LogP contribution is -2.55. The number of unbranched alkanes of at least 4 members (excludes halogenated alkanes) is 1. The zero-order valence-corrected chi connectivity index (χ0v) is 13.0. The summed E-state index contributed by atoms with van der Waals surface area (Å²) in [6.45, 7) is 4.55. The van der Waals surface area contributed by atoms with Gasteiger partial charge in [-0.3, -0.25) is 9.59 Å². The van der Waals surface area contributed by atoms with Gasteiger partial charge in [-0.2, -0.15) is 0 Å². The van der Waals surface area contributed by atoms with E-state index in [1.165, 1.54) is 13.8 Å². The van der Waals surface area contributed by atoms with Crippen molar-refractivity contribution in [2.24, 2.45) is 0 Å². The Bertz CT molecular complexity index is 528. The normalized spacial score (nSPS) is 16.0. The number of ether oxygens (including phenoxy) is 4. The summed E-state index contributed by atoms with van der Waals surface area (Å²) in [5.74, 6) is -1.96. The largest absolute Gasteiger partial charge is 0.459 e. The highest BCUT2D eigenvalue weighted by Gasteiger charge is 2.54. The molecule has 0 bridgehead atoms. The first-order chi connectivity index (χ1) is 10.5. The first-order valence-corrected chi connectivity index (χ1v) is 7.30. The van der Waals surface area contributed by atoms with Crippen molar-refractivity contribution < 1.29 is 28.5 Å². The maximum atomic E-state index is 11.5. The Labute approximate surface area is 129 Å². The van der Waals surface area contributed by atoms with Crippen LogP contribution in [0.25, 0.3) is 0 Å². The van der Waals surface area contributed by atoms with E-state index in [0.29, 0.717) is 17.9 Å². The minimum Gasteiger partial charge on any atom is -0.450 e. The molecule has 0 aliphatic carbocycles. The van der Waals surface area contributed by atoms with E-state index >= 15 is 0 Å². The second-order valence-corrected chi connectivity index (χ2v) is 5.09. The van der Waals surface area contributed by atoms with E-state index < -0.39 is 24.0 Å². The molecule has 1 aromatic rings. The fourth-order valence-electron chi connectivity index (χ4n) is 2.28. The monoisotopic (exact) mass is 308 g/mol. The predicted octanol–water partition coefficient (Wildman–Crippen LogP) is 2.80. The summed E-state index contributed by atoms with van der Waals surface area (Å²) in [5, 5.41) is 0. The number of hydrogen-bond acceptors (Lipinski definition) is 6. The molecule has 1 aromatic carbocycles. The second-order valence-electron chi connectivity index (χ2n) is 5.09. The first-order valence-electron chi connectivity index (χ1n) is 7.30. The average molecular weight is 308 g/mol. The molecule has 0 spiro atoms. The summed E-state index contributed by atoms with van der Waals surface area (Å²) in [6.07, 6.45) is 1.27. The summed E-state index contributed by atoms with van der Waals surface area (Å²) in [4.78, 5) is 22.9. The number of hydrogen-bond donors (Lipinski definition) is 0. The maximum Gasteiger partial charge on any atom is 0.459 e. The van der Waals surface area contributed by atoms with Crippen LogP contribution in [0, 0.1) is 0 Å². The number of benzene rings is 1. The first kappa shape index (κ1) is 16.1. The lowest BCUT2D eigenvalue weighted by molar-refractivity contribution is -0.312. The number of carbonyl (C=O) groups excluding carboxylic acids is 2. The van der Waals surface area contributed by atoms with Gasteiger partial charge in [-0.1, -0.05) is 25.5 Å². The third-order valence-corrected chi connectivity index (χ3v) is 3.16. The number of esters is 2. The molecule has 120 valence electrons. The smallest absolute Gasteiger partial charge is 0.450 e. The Morgan fingerprint density at radius 3 is 2.18 bits per heavy atom. The molecular formula is C16H20O6. The number of carbonyl (C=O) groups is 2. The van der Waals surface area contributed by atoms with Crippen molar-refractivity contribution in [3.8, 4) is 11.5 Å². The molecule has 0 aromatic heterocycles. The number of rotatable bonds is 6. The molecule has 6 nitrogen and oxygen atoms in total. The number of fused-ring (bicyclic) bond motifs is 1. The Balaban J connectivity index is 2.31. The van der Waals surface area contributed by atoms with Crippen LogP contribution in [0.5, 0.6) is 11.5 Å². The van der Waals surface area contributed by atoms with E-state index in [4.69, 9.17) is 18.9 Å². The van der Waals surface area contributed by atoms with Crippen LogP contribution >= 0.6 is 0 Å². The molecule has 0 amide bonds. The van der Waals surface area contributed by atoms with E-state index in [0.717, 1.165) is 12.8 Å². The molecule has 2 rings (SSSR count). The Morgan fingerprint density at radius 1 is 1.14 bits per heavy atom. The van der Waals surface area contributed by atoms with E-state index in [2.05, 4.69) is 0 Å². The average Bonchev–Trinajstić information content (AvgIpc) is 2.81. The lowest BCUT2D eigenvalue weighted by Gasteiger charge is -2.32. The summed E-state index contributed by atoms with van der Waals surface area (Å²) < 4.78 is 22.0. The minimum absolute atomic E-state index is 0.442. The third-order valence-electron chi connectivity index (χ3n) is 3.16. The van der Waals surface area contributed by atoms with Crippen LogP contribution < -0.4 is 9.47 Å². The zero-order chi connectivity index (χ0) is 16.2. The summed E-state index contributed by atoms with van der Waals surface area (Å²) >= 11 is 0. The van der Waals surface area contributed by atoms with Gasteiger partial charge in [0.15, 0.2) is 11.5 Å². The third kappa shape index (κ3) is 3.50. The van der Waals surface area contributed by atoms with Crippen LogP contribution in [0.15, 0.2) is 24.3 Å². The van der Waals surface area contributed by atoms with Crippen molar-refractivity contribution >= 4 is 11.9 Å². The summed E-state index contributed by atoms with van der Waals surface area (Å²) in [6, 6.07) is 6.95. The number of para-hydroxylation sites is 2. The quantitative estimate of drug-likeness (QED) is 0.753. The zero-order valence-electron chi connectivity index (χ0n) is 13.0. The van der Waals surface area contributed by atoms with Crippen molar-refractivity contribution in [3.63, 3.8) is 0 Å². The van der Waals surface area contributed by atoms with Gasteiger partial charge in [0.05, 0.1) is 0 Å². The molecule has 6 heteroatoms. The van der Waals surface area contributed by atoms with Crippen LogP contribution in [-0.2, 0) is 19.1 Å². The molecule has 22 heavy (non-hydrogen) atoms. The van der Waals surface area contributed by atoms with Gasteiger partial charge >= 0.3 is 17.9 Å². The lowest BCUT2D eigenvalue weighted by atomic mass is 10.1. The predicted molar refractivity (Wildman–Crippen MR) is 77.3 cm³/mol. The summed E-state index contributed by atoms with van der Waals surface area (Å²) in [5.41, 5.74) is 0. The van der Waals surface area contributed by atoms with Crippen molar-refractivity contribution in [1.29, 1.82) is 0 Å². The van der Waals surface area contributed by atoms with Crippen molar-refractivity contribution in [1.82, 2.24) is 0 Å². The Kier molecular flexibility index (Phi) is 4.90. The maximum absolute atomic E-state index is 11.5. The molecule has 1 atom stereocenters. The molecule has 0 saturated carbocycles. The van der Waals surface area contributed by atoms with Crippen LogP contribution in [0.1, 0.15) is 40.0 Å². The molecule has 0 radical (unpaired) electrons. The highest BCUT2D eigenvalue weighted by molar-refractivity contribution is 5.67. The fraction of sp³-hybridized carbons (Fsp3) is 0.500. The molecule has 0 saturated heterocycles. The Hall–Kier alpha value is -2.24. The van der Waals surface area contributed by atoms with Gasteiger partial charge in [-0.25, -0.2) is 0 Å². The van der Waals surface area contributed by atoms with Crippen LogP contribution in [0.2, 0.25) is 0 Å². The topological polar surface area (TPSA) is 71.1 Å². The van der Waals surface area contributed by atoms with Crippen molar-refractivity contribution in [3.05, 3.63) is 24.3 Å². The van der Waals surface area contributed by atoms with Gasteiger partial charge in [0, 0.05) is 13.8 Å². The molecule has 0 N–H and O–H groups in total. The van der Waals surface area contributed by atoms with E-state index in [-0.39, 0.29) is 0 Å². The van der Waals surface area contributed by atoms with E-state index in [1.54, 1.807) is 24.3 Å².